The van der Waals surface area contributed by atoms with Crippen molar-refractivity contribution in [2.45, 2.75) is 25.3 Å². The molecule has 1 saturated heterocycles. The summed E-state index contributed by atoms with van der Waals surface area (Å²) in [6, 6.07) is 6.64. The molecule has 1 amide bonds. The molecular weight excluding hydrogens is 590 g/mol. The molecule has 5 rings (SSSR count). The first-order chi connectivity index (χ1) is 19.6. The number of rotatable bonds is 8. The van der Waals surface area contributed by atoms with Crippen LogP contribution in [0.4, 0.5) is 11.6 Å². The predicted molar refractivity (Wildman–Crippen MR) is 158 cm³/mol. The van der Waals surface area contributed by atoms with Gasteiger partial charge >= 0.3 is 0 Å². The number of hydrogen-bond acceptors (Lipinski definition) is 10. The molecule has 3 aromatic heterocycles. The van der Waals surface area contributed by atoms with Gasteiger partial charge in [0.15, 0.2) is 0 Å². The van der Waals surface area contributed by atoms with Crippen molar-refractivity contribution in [3.05, 3.63) is 63.2 Å². The molecule has 41 heavy (non-hydrogen) atoms. The fourth-order valence-corrected chi connectivity index (χ4v) is 8.09. The summed E-state index contributed by atoms with van der Waals surface area (Å²) in [6.45, 7) is 4.61. The van der Waals surface area contributed by atoms with E-state index in [9.17, 15) is 18.0 Å². The number of likely N-dealkylation sites (N-methyl/N-ethyl adjacent to an activating group) is 1. The number of piperazine rings is 1. The number of methoxy groups -OCH3 is 1. The summed E-state index contributed by atoms with van der Waals surface area (Å²) in [5, 5.41) is 0.410. The summed E-state index contributed by atoms with van der Waals surface area (Å²) in [4.78, 5) is 44.0. The number of sulfonamides is 1. The Bertz CT molecular complexity index is 1750. The summed E-state index contributed by atoms with van der Waals surface area (Å²) < 4.78 is 35.6. The van der Waals surface area contributed by atoms with Gasteiger partial charge in [0, 0.05) is 55.0 Å². The Morgan fingerprint density at radius 1 is 1.15 bits per heavy atom. The van der Waals surface area contributed by atoms with Crippen molar-refractivity contribution in [3.8, 4) is 5.75 Å². The van der Waals surface area contributed by atoms with Crippen molar-refractivity contribution in [1.29, 1.82) is 0 Å². The van der Waals surface area contributed by atoms with Gasteiger partial charge in [0.2, 0.25) is 21.9 Å². The highest BCUT2D eigenvalue weighted by atomic mass is 35.5. The second kappa shape index (κ2) is 11.7. The molecule has 1 aliphatic rings. The van der Waals surface area contributed by atoms with Crippen LogP contribution in [0.2, 0.25) is 5.02 Å². The van der Waals surface area contributed by atoms with Gasteiger partial charge in [-0.05, 0) is 38.1 Å². The van der Waals surface area contributed by atoms with Gasteiger partial charge in [-0.2, -0.15) is 4.31 Å². The summed E-state index contributed by atoms with van der Waals surface area (Å²) in [5.74, 6) is 0.577. The molecule has 15 heteroatoms. The number of fused-ring (bicyclic) bond motifs is 1. The summed E-state index contributed by atoms with van der Waals surface area (Å²) in [6.07, 6.45) is 4.55. The van der Waals surface area contributed by atoms with Crippen LogP contribution in [0.15, 0.2) is 52.7 Å². The molecule has 1 aliphatic heterocycles. The number of ether oxygens (including phenoxy) is 1. The SMILES string of the molecule is CCN(C(=O)Cn1cnc2sc(C)c(S(=O)(=O)N3CCN(c4ncccn4)CC3)c2c1=O)c1cc(Cl)ccc1OC. The Labute approximate surface area is 245 Å². The molecule has 0 spiro atoms. The average Bonchev–Trinajstić information content (AvgIpc) is 3.33. The first-order valence-corrected chi connectivity index (χ1v) is 15.4. The third-order valence-corrected chi connectivity index (χ3v) is 10.3. The van der Waals surface area contributed by atoms with Crippen LogP contribution >= 0.6 is 22.9 Å². The van der Waals surface area contributed by atoms with Crippen LogP contribution in [0.1, 0.15) is 11.8 Å². The number of carbonyl (C=O) groups excluding carboxylic acids is 1. The van der Waals surface area contributed by atoms with Crippen LogP contribution < -0.4 is 20.1 Å². The number of hydrogen-bond donors (Lipinski definition) is 0. The molecule has 0 saturated carbocycles. The number of thiophene rings is 1. The van der Waals surface area contributed by atoms with E-state index in [4.69, 9.17) is 16.3 Å². The van der Waals surface area contributed by atoms with E-state index in [0.717, 1.165) is 15.9 Å². The minimum absolute atomic E-state index is 0.0139. The number of aromatic nitrogens is 4. The van der Waals surface area contributed by atoms with Crippen LogP contribution in [-0.4, -0.2) is 78.0 Å². The molecule has 0 N–H and O–H groups in total. The highest BCUT2D eigenvalue weighted by Gasteiger charge is 2.34. The van der Waals surface area contributed by atoms with E-state index in [0.29, 0.717) is 45.2 Å². The van der Waals surface area contributed by atoms with Crippen molar-refractivity contribution >= 4 is 60.7 Å². The van der Waals surface area contributed by atoms with Crippen LogP contribution in [-0.2, 0) is 21.4 Å². The zero-order valence-corrected chi connectivity index (χ0v) is 25.0. The lowest BCUT2D eigenvalue weighted by Crippen LogP contribution is -2.49. The van der Waals surface area contributed by atoms with Gasteiger partial charge in [-0.25, -0.2) is 23.4 Å². The van der Waals surface area contributed by atoms with E-state index in [-0.39, 0.29) is 36.5 Å². The minimum atomic E-state index is -4.03. The number of amides is 1. The van der Waals surface area contributed by atoms with Crippen molar-refractivity contribution in [2.24, 2.45) is 0 Å². The Kier molecular flexibility index (Phi) is 8.27. The largest absolute Gasteiger partial charge is 0.495 e. The van der Waals surface area contributed by atoms with Crippen LogP contribution in [0.25, 0.3) is 10.2 Å². The molecule has 0 unspecified atom stereocenters. The predicted octanol–water partition coefficient (Wildman–Crippen LogP) is 2.78. The number of nitrogens with zero attached hydrogens (tertiary/aromatic N) is 7. The Morgan fingerprint density at radius 2 is 1.85 bits per heavy atom. The topological polar surface area (TPSA) is 131 Å². The lowest BCUT2D eigenvalue weighted by Gasteiger charge is -2.33. The van der Waals surface area contributed by atoms with E-state index in [1.165, 1.54) is 22.6 Å². The van der Waals surface area contributed by atoms with Crippen LogP contribution in [0.5, 0.6) is 5.75 Å². The molecule has 0 aliphatic carbocycles. The fraction of sp³-hybridized carbons (Fsp3) is 0.346. The zero-order valence-electron chi connectivity index (χ0n) is 22.7. The van der Waals surface area contributed by atoms with Gasteiger partial charge in [-0.1, -0.05) is 11.6 Å². The molecule has 1 fully saturated rings. The fourth-order valence-electron chi connectivity index (χ4n) is 4.83. The van der Waals surface area contributed by atoms with Gasteiger partial charge in [-0.3, -0.25) is 14.2 Å². The maximum absolute atomic E-state index is 13.9. The van der Waals surface area contributed by atoms with Crippen molar-refractivity contribution in [1.82, 2.24) is 23.8 Å². The van der Waals surface area contributed by atoms with E-state index in [1.807, 2.05) is 4.90 Å². The maximum atomic E-state index is 13.9. The molecule has 4 heterocycles. The molecule has 0 radical (unpaired) electrons. The molecule has 12 nitrogen and oxygen atoms in total. The average molecular weight is 618 g/mol. The molecule has 216 valence electrons. The zero-order chi connectivity index (χ0) is 29.3. The second-order valence-corrected chi connectivity index (χ2v) is 12.8. The van der Waals surface area contributed by atoms with Gasteiger partial charge in [0.05, 0.1) is 24.5 Å². The molecule has 0 bridgehead atoms. The summed E-state index contributed by atoms with van der Waals surface area (Å²) in [7, 11) is -2.54. The summed E-state index contributed by atoms with van der Waals surface area (Å²) >= 11 is 7.30. The molecule has 4 aromatic rings. The van der Waals surface area contributed by atoms with Crippen LogP contribution in [0.3, 0.4) is 0 Å². The second-order valence-electron chi connectivity index (χ2n) is 9.24. The molecule has 0 atom stereocenters. The lowest BCUT2D eigenvalue weighted by molar-refractivity contribution is -0.119. The number of halogens is 1. The smallest absolute Gasteiger partial charge is 0.263 e. The number of aryl methyl sites for hydroxylation is 1. The highest BCUT2D eigenvalue weighted by molar-refractivity contribution is 7.89. The lowest BCUT2D eigenvalue weighted by atomic mass is 10.2. The van der Waals surface area contributed by atoms with Gasteiger partial charge in [0.25, 0.3) is 5.56 Å². The standard InChI is InChI=1S/C26H28ClN7O5S2/c1-4-34(19-14-18(27)6-7-20(19)39-3)21(35)15-32-16-30-24-22(25(32)36)23(17(2)40-24)41(37,38)33-12-10-31(11-13-33)26-28-8-5-9-29-26/h5-9,14,16H,4,10-13,15H2,1-3H3. The van der Waals surface area contributed by atoms with E-state index < -0.39 is 21.5 Å². The van der Waals surface area contributed by atoms with Crippen molar-refractivity contribution < 1.29 is 17.9 Å². The quantitative estimate of drug-likeness (QED) is 0.293. The molecular formula is C26H28ClN7O5S2. The van der Waals surface area contributed by atoms with E-state index in [1.54, 1.807) is 50.5 Å². The number of benzene rings is 1. The number of anilines is 2. The van der Waals surface area contributed by atoms with E-state index in [2.05, 4.69) is 15.0 Å². The van der Waals surface area contributed by atoms with Crippen LogP contribution in [0, 0.1) is 6.92 Å². The Balaban J connectivity index is 1.44. The highest BCUT2D eigenvalue weighted by Crippen LogP contribution is 2.34. The summed E-state index contributed by atoms with van der Waals surface area (Å²) in [5.41, 5.74) is -0.138. The first kappa shape index (κ1) is 28.9. The Morgan fingerprint density at radius 3 is 2.51 bits per heavy atom. The van der Waals surface area contributed by atoms with Crippen molar-refractivity contribution in [2.75, 3.05) is 49.6 Å². The Hall–Kier alpha value is -3.59. The normalized spacial score (nSPS) is 14.4. The molecule has 1 aromatic carbocycles. The van der Waals surface area contributed by atoms with Gasteiger partial charge in [0.1, 0.15) is 22.0 Å². The monoisotopic (exact) mass is 617 g/mol. The third kappa shape index (κ3) is 5.52. The van der Waals surface area contributed by atoms with Gasteiger partial charge < -0.3 is 14.5 Å². The maximum Gasteiger partial charge on any atom is 0.263 e. The van der Waals surface area contributed by atoms with Gasteiger partial charge in [-0.15, -0.1) is 11.3 Å². The number of carbonyl (C=O) groups is 1. The third-order valence-electron chi connectivity index (χ3n) is 6.83. The van der Waals surface area contributed by atoms with Crippen molar-refractivity contribution in [3.63, 3.8) is 0 Å². The first-order valence-electron chi connectivity index (χ1n) is 12.8. The van der Waals surface area contributed by atoms with E-state index >= 15 is 0 Å². The minimum Gasteiger partial charge on any atom is -0.495 e.